The molecule has 0 aliphatic carbocycles. The number of esters is 1. The second kappa shape index (κ2) is 9.42. The number of ether oxygens (including phenoxy) is 1. The summed E-state index contributed by atoms with van der Waals surface area (Å²) in [5.41, 5.74) is 3.21. The van der Waals surface area contributed by atoms with Gasteiger partial charge in [-0.2, -0.15) is 0 Å². The highest BCUT2D eigenvalue weighted by Gasteiger charge is 2.15. The molecule has 0 fully saturated rings. The molecule has 0 spiro atoms. The zero-order valence-corrected chi connectivity index (χ0v) is 14.6. The van der Waals surface area contributed by atoms with Crippen molar-refractivity contribution < 1.29 is 14.3 Å². The number of hydrogen-bond acceptors (Lipinski definition) is 3. The number of benzene rings is 2. The number of carbonyl (C=O) groups is 2. The van der Waals surface area contributed by atoms with Crippen molar-refractivity contribution in [1.29, 1.82) is 0 Å². The first-order chi connectivity index (χ1) is 12.0. The second-order valence-electron chi connectivity index (χ2n) is 5.85. The lowest BCUT2D eigenvalue weighted by molar-refractivity contribution is -0.150. The molecule has 0 bridgehead atoms. The van der Waals surface area contributed by atoms with Gasteiger partial charge in [-0.1, -0.05) is 60.2 Å². The van der Waals surface area contributed by atoms with E-state index >= 15 is 0 Å². The van der Waals surface area contributed by atoms with Crippen LogP contribution in [0, 0.1) is 6.92 Å². The summed E-state index contributed by atoms with van der Waals surface area (Å²) in [4.78, 5) is 23.8. The van der Waals surface area contributed by atoms with Crippen LogP contribution in [0.4, 0.5) is 0 Å². The molecule has 0 heterocycles. The normalized spacial score (nSPS) is 11.9. The van der Waals surface area contributed by atoms with E-state index < -0.39 is 12.1 Å². The molecule has 2 rings (SSSR count). The average molecular weight is 337 g/mol. The zero-order chi connectivity index (χ0) is 18.1. The van der Waals surface area contributed by atoms with E-state index in [1.54, 1.807) is 13.0 Å². The highest BCUT2D eigenvalue weighted by atomic mass is 16.5. The summed E-state index contributed by atoms with van der Waals surface area (Å²) >= 11 is 0. The van der Waals surface area contributed by atoms with Gasteiger partial charge >= 0.3 is 5.97 Å². The van der Waals surface area contributed by atoms with Crippen LogP contribution in [-0.2, 0) is 20.7 Å². The van der Waals surface area contributed by atoms with Crippen LogP contribution in [0.3, 0.4) is 0 Å². The number of carbonyl (C=O) groups excluding carboxylic acids is 2. The van der Waals surface area contributed by atoms with Crippen LogP contribution in [0.1, 0.15) is 23.6 Å². The number of hydrogen-bond donors (Lipinski definition) is 1. The third kappa shape index (κ3) is 6.63. The van der Waals surface area contributed by atoms with Gasteiger partial charge in [0.15, 0.2) is 6.10 Å². The van der Waals surface area contributed by atoms with Gasteiger partial charge in [-0.3, -0.25) is 4.79 Å². The fraction of sp³-hybridized carbons (Fsp3) is 0.238. The van der Waals surface area contributed by atoms with Crippen molar-refractivity contribution in [2.24, 2.45) is 0 Å². The van der Waals surface area contributed by atoms with E-state index in [1.807, 2.05) is 61.5 Å². The molecule has 130 valence electrons. The van der Waals surface area contributed by atoms with Crippen LogP contribution in [-0.4, -0.2) is 24.5 Å². The number of rotatable bonds is 7. The topological polar surface area (TPSA) is 55.4 Å². The first-order valence-electron chi connectivity index (χ1n) is 8.31. The van der Waals surface area contributed by atoms with Crippen LogP contribution in [0.5, 0.6) is 0 Å². The maximum absolute atomic E-state index is 12.0. The first-order valence-corrected chi connectivity index (χ1v) is 8.31. The van der Waals surface area contributed by atoms with E-state index in [4.69, 9.17) is 4.74 Å². The van der Waals surface area contributed by atoms with E-state index in [0.29, 0.717) is 6.54 Å². The third-order valence-electron chi connectivity index (χ3n) is 3.71. The van der Waals surface area contributed by atoms with Crippen molar-refractivity contribution in [2.45, 2.75) is 26.4 Å². The Bertz CT molecular complexity index is 721. The smallest absolute Gasteiger partial charge is 0.331 e. The van der Waals surface area contributed by atoms with E-state index in [0.717, 1.165) is 23.1 Å². The molecule has 0 saturated carbocycles. The Balaban J connectivity index is 1.74. The average Bonchev–Trinajstić information content (AvgIpc) is 2.62. The van der Waals surface area contributed by atoms with Crippen molar-refractivity contribution in [3.63, 3.8) is 0 Å². The van der Waals surface area contributed by atoms with Gasteiger partial charge in [-0.05, 0) is 37.5 Å². The Hall–Kier alpha value is -2.88. The van der Waals surface area contributed by atoms with Crippen molar-refractivity contribution in [3.8, 4) is 0 Å². The molecule has 0 unspecified atom stereocenters. The summed E-state index contributed by atoms with van der Waals surface area (Å²) in [5, 5.41) is 2.78. The summed E-state index contributed by atoms with van der Waals surface area (Å²) in [7, 11) is 0. The van der Waals surface area contributed by atoms with Crippen LogP contribution >= 0.6 is 0 Å². The fourth-order valence-corrected chi connectivity index (χ4v) is 2.23. The minimum atomic E-state index is -0.828. The highest BCUT2D eigenvalue weighted by Crippen LogP contribution is 2.05. The van der Waals surface area contributed by atoms with Gasteiger partial charge in [0.25, 0.3) is 5.91 Å². The molecular formula is C21H23NO3. The van der Waals surface area contributed by atoms with Gasteiger partial charge in [-0.25, -0.2) is 4.79 Å². The molecule has 4 nitrogen and oxygen atoms in total. The molecule has 2 aromatic rings. The van der Waals surface area contributed by atoms with E-state index in [2.05, 4.69) is 5.32 Å². The van der Waals surface area contributed by atoms with Crippen molar-refractivity contribution in [1.82, 2.24) is 5.32 Å². The maximum atomic E-state index is 12.0. The largest absolute Gasteiger partial charge is 0.449 e. The number of nitrogens with one attached hydrogen (secondary N) is 1. The summed E-state index contributed by atoms with van der Waals surface area (Å²) in [5.74, 6) is -0.834. The zero-order valence-electron chi connectivity index (χ0n) is 14.6. The molecule has 0 aliphatic rings. The highest BCUT2D eigenvalue weighted by molar-refractivity contribution is 5.90. The standard InChI is InChI=1S/C21H23NO3/c1-16-8-10-19(11-9-16)12-13-20(23)25-17(2)21(24)22-15-14-18-6-4-3-5-7-18/h3-13,17H,14-15H2,1-2H3,(H,22,24)/b13-12+/t17-/m1/s1. The van der Waals surface area contributed by atoms with E-state index in [9.17, 15) is 9.59 Å². The second-order valence-corrected chi connectivity index (χ2v) is 5.85. The predicted octanol–water partition coefficient (Wildman–Crippen LogP) is 3.30. The minimum absolute atomic E-state index is 0.298. The lowest BCUT2D eigenvalue weighted by atomic mass is 10.1. The van der Waals surface area contributed by atoms with Gasteiger partial charge in [0, 0.05) is 12.6 Å². The quantitative estimate of drug-likeness (QED) is 0.623. The summed E-state index contributed by atoms with van der Waals surface area (Å²) in [6.45, 7) is 4.07. The fourth-order valence-electron chi connectivity index (χ4n) is 2.23. The Morgan fingerprint density at radius 1 is 1.08 bits per heavy atom. The Labute approximate surface area is 148 Å². The number of aryl methyl sites for hydroxylation is 1. The Morgan fingerprint density at radius 3 is 2.44 bits per heavy atom. The molecule has 2 aromatic carbocycles. The van der Waals surface area contributed by atoms with Crippen LogP contribution in [0.15, 0.2) is 60.7 Å². The molecule has 1 atom stereocenters. The monoisotopic (exact) mass is 337 g/mol. The Morgan fingerprint density at radius 2 is 1.76 bits per heavy atom. The van der Waals surface area contributed by atoms with E-state index in [-0.39, 0.29) is 5.91 Å². The third-order valence-corrected chi connectivity index (χ3v) is 3.71. The first kappa shape index (κ1) is 18.5. The van der Waals surface area contributed by atoms with Gasteiger partial charge in [0.05, 0.1) is 0 Å². The summed E-state index contributed by atoms with van der Waals surface area (Å²) < 4.78 is 5.12. The molecule has 0 aliphatic heterocycles. The van der Waals surface area contributed by atoms with Crippen LogP contribution in [0.25, 0.3) is 6.08 Å². The lowest BCUT2D eigenvalue weighted by Crippen LogP contribution is -2.36. The SMILES string of the molecule is Cc1ccc(/C=C/C(=O)O[C@H](C)C(=O)NCCc2ccccc2)cc1. The molecule has 0 aromatic heterocycles. The minimum Gasteiger partial charge on any atom is -0.449 e. The van der Waals surface area contributed by atoms with Gasteiger partial charge in [-0.15, -0.1) is 0 Å². The predicted molar refractivity (Wildman–Crippen MR) is 98.9 cm³/mol. The summed E-state index contributed by atoms with van der Waals surface area (Å²) in [6, 6.07) is 17.6. The molecule has 0 radical (unpaired) electrons. The van der Waals surface area contributed by atoms with Gasteiger partial charge in [0.1, 0.15) is 0 Å². The molecule has 1 N–H and O–H groups in total. The maximum Gasteiger partial charge on any atom is 0.331 e. The molecule has 25 heavy (non-hydrogen) atoms. The van der Waals surface area contributed by atoms with Crippen LogP contribution < -0.4 is 5.32 Å². The van der Waals surface area contributed by atoms with Crippen molar-refractivity contribution >= 4 is 18.0 Å². The van der Waals surface area contributed by atoms with E-state index in [1.165, 1.54) is 6.08 Å². The summed E-state index contributed by atoms with van der Waals surface area (Å²) in [6.07, 6.45) is 2.91. The Kier molecular flexibility index (Phi) is 6.96. The van der Waals surface area contributed by atoms with Gasteiger partial charge in [0.2, 0.25) is 0 Å². The molecule has 0 saturated heterocycles. The van der Waals surface area contributed by atoms with Crippen LogP contribution in [0.2, 0.25) is 0 Å². The molecule has 1 amide bonds. The number of amides is 1. The van der Waals surface area contributed by atoms with Gasteiger partial charge < -0.3 is 10.1 Å². The van der Waals surface area contributed by atoms with Crippen molar-refractivity contribution in [2.75, 3.05) is 6.54 Å². The lowest BCUT2D eigenvalue weighted by Gasteiger charge is -2.12. The molecule has 4 heteroatoms. The van der Waals surface area contributed by atoms with Crippen molar-refractivity contribution in [3.05, 3.63) is 77.4 Å². The molecular weight excluding hydrogens is 314 g/mol.